The molecule has 7 heteroatoms. The first kappa shape index (κ1) is 18.0. The Morgan fingerprint density at radius 3 is 2.27 bits per heavy atom. The Bertz CT molecular complexity index is 806. The van der Waals surface area contributed by atoms with Gasteiger partial charge in [0.05, 0.1) is 31.9 Å². The molecule has 7 nitrogen and oxygen atoms in total. The molecule has 26 heavy (non-hydrogen) atoms. The molecule has 0 saturated heterocycles. The van der Waals surface area contributed by atoms with Crippen molar-refractivity contribution in [1.29, 1.82) is 0 Å². The molecule has 1 aromatic carbocycles. The van der Waals surface area contributed by atoms with E-state index in [2.05, 4.69) is 4.90 Å². The van der Waals surface area contributed by atoms with Crippen LogP contribution in [0.4, 0.5) is 0 Å². The van der Waals surface area contributed by atoms with Crippen LogP contribution in [0.25, 0.3) is 0 Å². The minimum Gasteiger partial charge on any atom is -0.484 e. The molecule has 0 aliphatic carbocycles. The number of nitrogens with zero attached hydrogens (tertiary/aromatic N) is 1. The summed E-state index contributed by atoms with van der Waals surface area (Å²) >= 11 is 0. The molecule has 1 atom stereocenters. The highest BCUT2D eigenvalue weighted by Crippen LogP contribution is 2.33. The van der Waals surface area contributed by atoms with Gasteiger partial charge in [0.25, 0.3) is 0 Å². The van der Waals surface area contributed by atoms with Crippen molar-refractivity contribution in [1.82, 2.24) is 4.90 Å². The molecular formula is C19H21NO6. The molecule has 0 bridgehead atoms. The number of ether oxygens (including phenoxy) is 3. The van der Waals surface area contributed by atoms with Gasteiger partial charge in [-0.2, -0.15) is 0 Å². The van der Waals surface area contributed by atoms with Crippen molar-refractivity contribution >= 4 is 11.9 Å². The number of hydrogen-bond acceptors (Lipinski definition) is 7. The zero-order chi connectivity index (χ0) is 18.8. The molecule has 3 rings (SSSR count). The second-order valence-electron chi connectivity index (χ2n) is 6.27. The van der Waals surface area contributed by atoms with E-state index in [1.807, 2.05) is 20.0 Å². The number of carbonyl (C=O) groups is 2. The van der Waals surface area contributed by atoms with Crippen LogP contribution in [0.15, 0.2) is 28.7 Å². The fraction of sp³-hybridized carbons (Fsp3) is 0.368. The van der Waals surface area contributed by atoms with Crippen molar-refractivity contribution in [2.24, 2.45) is 0 Å². The summed E-state index contributed by atoms with van der Waals surface area (Å²) in [5.74, 6) is 0.955. The highest BCUT2D eigenvalue weighted by molar-refractivity contribution is 5.96. The summed E-state index contributed by atoms with van der Waals surface area (Å²) in [7, 11) is 4.54. The Hall–Kier alpha value is -2.80. The Morgan fingerprint density at radius 2 is 1.69 bits per heavy atom. The maximum absolute atomic E-state index is 11.9. The van der Waals surface area contributed by atoms with Gasteiger partial charge in [-0.1, -0.05) is 0 Å². The lowest BCUT2D eigenvalue weighted by Gasteiger charge is -2.29. The van der Waals surface area contributed by atoms with Crippen molar-refractivity contribution in [2.75, 3.05) is 27.8 Å². The van der Waals surface area contributed by atoms with Crippen molar-refractivity contribution in [2.45, 2.75) is 19.6 Å². The number of aryl methyl sites for hydroxylation is 1. The average Bonchev–Trinajstić information content (AvgIpc) is 3.00. The van der Waals surface area contributed by atoms with Crippen molar-refractivity contribution in [3.63, 3.8) is 0 Å². The predicted molar refractivity (Wildman–Crippen MR) is 92.3 cm³/mol. The second kappa shape index (κ2) is 7.21. The Morgan fingerprint density at radius 1 is 1.08 bits per heavy atom. The maximum Gasteiger partial charge on any atom is 0.338 e. The minimum absolute atomic E-state index is 0.221. The number of furan rings is 1. The zero-order valence-corrected chi connectivity index (χ0v) is 15.2. The largest absolute Gasteiger partial charge is 0.484 e. The highest BCUT2D eigenvalue weighted by atomic mass is 16.5. The fourth-order valence-electron chi connectivity index (χ4n) is 3.07. The van der Waals surface area contributed by atoms with Crippen LogP contribution in [0.2, 0.25) is 0 Å². The summed E-state index contributed by atoms with van der Waals surface area (Å²) in [6.07, 6.45) is -0.278. The SMILES string of the molecule is COC(=O)c1cc(OC2CN(C)Cc3oc(C)cc32)cc(C(=O)OC)c1. The van der Waals surface area contributed by atoms with Crippen molar-refractivity contribution in [3.8, 4) is 5.75 Å². The number of rotatable bonds is 4. The van der Waals surface area contributed by atoms with Gasteiger partial charge in [-0.3, -0.25) is 4.90 Å². The summed E-state index contributed by atoms with van der Waals surface area (Å²) in [6.45, 7) is 3.25. The Balaban J connectivity index is 1.96. The zero-order valence-electron chi connectivity index (χ0n) is 15.2. The van der Waals surface area contributed by atoms with Gasteiger partial charge in [0.1, 0.15) is 23.4 Å². The third kappa shape index (κ3) is 3.57. The number of fused-ring (bicyclic) bond motifs is 1. The quantitative estimate of drug-likeness (QED) is 0.777. The number of benzene rings is 1. The van der Waals surface area contributed by atoms with Crippen LogP contribution in [-0.2, 0) is 16.0 Å². The van der Waals surface area contributed by atoms with Crippen LogP contribution < -0.4 is 4.74 Å². The molecule has 0 amide bonds. The normalized spacial score (nSPS) is 16.7. The van der Waals surface area contributed by atoms with Crippen LogP contribution >= 0.6 is 0 Å². The molecule has 0 radical (unpaired) electrons. The standard InChI is InChI=1S/C19H21NO6/c1-11-5-15-16(25-11)9-20(2)10-17(15)26-14-7-12(18(21)23-3)6-13(8-14)19(22)24-4/h5-8,17H,9-10H2,1-4H3. The summed E-state index contributed by atoms with van der Waals surface area (Å²) < 4.78 is 21.4. The second-order valence-corrected chi connectivity index (χ2v) is 6.27. The van der Waals surface area contributed by atoms with Crippen LogP contribution in [0.3, 0.4) is 0 Å². The summed E-state index contributed by atoms with van der Waals surface area (Å²) in [6, 6.07) is 6.49. The van der Waals surface area contributed by atoms with E-state index in [-0.39, 0.29) is 17.2 Å². The van der Waals surface area contributed by atoms with Gasteiger partial charge in [0.2, 0.25) is 0 Å². The van der Waals surface area contributed by atoms with E-state index in [0.29, 0.717) is 18.8 Å². The molecule has 138 valence electrons. The fourth-order valence-corrected chi connectivity index (χ4v) is 3.07. The average molecular weight is 359 g/mol. The first-order valence-electron chi connectivity index (χ1n) is 8.17. The molecule has 2 aromatic rings. The van der Waals surface area contributed by atoms with E-state index in [4.69, 9.17) is 18.6 Å². The van der Waals surface area contributed by atoms with Crippen LogP contribution in [0.5, 0.6) is 5.75 Å². The van der Waals surface area contributed by atoms with Crippen LogP contribution in [0, 0.1) is 6.92 Å². The van der Waals surface area contributed by atoms with E-state index in [0.717, 1.165) is 17.1 Å². The summed E-state index contributed by atoms with van der Waals surface area (Å²) in [5, 5.41) is 0. The molecule has 0 fully saturated rings. The lowest BCUT2D eigenvalue weighted by Crippen LogP contribution is -2.32. The van der Waals surface area contributed by atoms with Gasteiger partial charge >= 0.3 is 11.9 Å². The van der Waals surface area contributed by atoms with E-state index in [1.165, 1.54) is 20.3 Å². The topological polar surface area (TPSA) is 78.2 Å². The highest BCUT2D eigenvalue weighted by Gasteiger charge is 2.29. The van der Waals surface area contributed by atoms with Crippen molar-refractivity contribution < 1.29 is 28.2 Å². The Labute approximate surface area is 151 Å². The van der Waals surface area contributed by atoms with Gasteiger partial charge in [0.15, 0.2) is 0 Å². The van der Waals surface area contributed by atoms with Crippen molar-refractivity contribution in [3.05, 3.63) is 52.5 Å². The molecular weight excluding hydrogens is 338 g/mol. The molecule has 0 N–H and O–H groups in total. The van der Waals surface area contributed by atoms with Gasteiger partial charge in [-0.05, 0) is 38.2 Å². The van der Waals surface area contributed by atoms with Crippen LogP contribution in [0.1, 0.15) is 43.9 Å². The van der Waals surface area contributed by atoms with E-state index in [1.54, 1.807) is 12.1 Å². The lowest BCUT2D eigenvalue weighted by atomic mass is 10.0. The molecule has 2 heterocycles. The number of hydrogen-bond donors (Lipinski definition) is 0. The van der Waals surface area contributed by atoms with E-state index >= 15 is 0 Å². The smallest absolute Gasteiger partial charge is 0.338 e. The monoisotopic (exact) mass is 359 g/mol. The summed E-state index contributed by atoms with van der Waals surface area (Å²) in [5.41, 5.74) is 1.42. The molecule has 1 aliphatic heterocycles. The molecule has 0 spiro atoms. The number of esters is 2. The number of carbonyl (C=O) groups excluding carboxylic acids is 2. The van der Waals surface area contributed by atoms with Gasteiger partial charge in [-0.25, -0.2) is 9.59 Å². The van der Waals surface area contributed by atoms with Gasteiger partial charge < -0.3 is 18.6 Å². The molecule has 1 unspecified atom stereocenters. The molecule has 1 aromatic heterocycles. The first-order valence-corrected chi connectivity index (χ1v) is 8.17. The molecule has 1 aliphatic rings. The van der Waals surface area contributed by atoms with E-state index in [9.17, 15) is 9.59 Å². The number of likely N-dealkylation sites (N-methyl/N-ethyl adjacent to an activating group) is 1. The number of methoxy groups -OCH3 is 2. The molecule has 0 saturated carbocycles. The van der Waals surface area contributed by atoms with Gasteiger partial charge in [0, 0.05) is 12.1 Å². The van der Waals surface area contributed by atoms with Gasteiger partial charge in [-0.15, -0.1) is 0 Å². The summed E-state index contributed by atoms with van der Waals surface area (Å²) in [4.78, 5) is 25.9. The first-order chi connectivity index (χ1) is 12.4. The lowest BCUT2D eigenvalue weighted by molar-refractivity contribution is 0.0596. The predicted octanol–water partition coefficient (Wildman–Crippen LogP) is 2.73. The third-order valence-corrected chi connectivity index (χ3v) is 4.23. The Kier molecular flexibility index (Phi) is 4.99. The maximum atomic E-state index is 11.9. The van der Waals surface area contributed by atoms with E-state index < -0.39 is 11.9 Å². The third-order valence-electron chi connectivity index (χ3n) is 4.23. The minimum atomic E-state index is -0.554. The van der Waals surface area contributed by atoms with Crippen LogP contribution in [-0.4, -0.2) is 44.7 Å².